The van der Waals surface area contributed by atoms with Gasteiger partial charge >= 0.3 is 0 Å². The maximum absolute atomic E-state index is 11.2. The Balaban J connectivity index is 0.000000606. The van der Waals surface area contributed by atoms with Crippen LogP contribution in [0.2, 0.25) is 0 Å². The Hall–Kier alpha value is -1.36. The van der Waals surface area contributed by atoms with Gasteiger partial charge in [-0.15, -0.1) is 0 Å². The zero-order valence-electron chi connectivity index (χ0n) is 10.1. The predicted molar refractivity (Wildman–Crippen MR) is 62.4 cm³/mol. The number of hydrogen-bond donors (Lipinski definition) is 1. The third-order valence-corrected chi connectivity index (χ3v) is 2.23. The van der Waals surface area contributed by atoms with Gasteiger partial charge in [-0.3, -0.25) is 4.79 Å². The van der Waals surface area contributed by atoms with Crippen molar-refractivity contribution >= 4 is 11.7 Å². The van der Waals surface area contributed by atoms with Crippen molar-refractivity contribution in [1.29, 1.82) is 0 Å². The number of amides is 1. The van der Waals surface area contributed by atoms with Gasteiger partial charge in [0, 0.05) is 12.5 Å². The van der Waals surface area contributed by atoms with Crippen molar-refractivity contribution < 1.29 is 9.53 Å². The maximum atomic E-state index is 11.2. The quantitative estimate of drug-likeness (QED) is 0.853. The molecule has 1 aliphatic heterocycles. The molecule has 0 atom stereocenters. The molecule has 1 aromatic rings. The van der Waals surface area contributed by atoms with E-state index in [9.17, 15) is 4.79 Å². The zero-order chi connectivity index (χ0) is 12.0. The molecule has 1 fully saturated rings. The molecule has 0 unspecified atom stereocenters. The summed E-state index contributed by atoms with van der Waals surface area (Å²) >= 11 is 0. The van der Waals surface area contributed by atoms with Crippen LogP contribution >= 0.6 is 0 Å². The van der Waals surface area contributed by atoms with E-state index in [-0.39, 0.29) is 11.9 Å². The van der Waals surface area contributed by atoms with E-state index in [0.29, 0.717) is 19.6 Å². The number of carbonyl (C=O) groups excluding carboxylic acids is 1. The second-order valence-electron chi connectivity index (χ2n) is 3.25. The summed E-state index contributed by atoms with van der Waals surface area (Å²) in [5.41, 5.74) is 0. The highest BCUT2D eigenvalue weighted by atomic mass is 16.5. The van der Waals surface area contributed by atoms with Crippen molar-refractivity contribution in [1.82, 2.24) is 9.78 Å². The molecule has 0 aromatic carbocycles. The van der Waals surface area contributed by atoms with Gasteiger partial charge in [0.05, 0.1) is 19.4 Å². The third kappa shape index (κ3) is 2.82. The Kier molecular flexibility index (Phi) is 4.98. The lowest BCUT2D eigenvalue weighted by Gasteiger charge is -2.27. The first-order valence-electron chi connectivity index (χ1n) is 5.72. The first kappa shape index (κ1) is 12.7. The molecule has 1 N–H and O–H groups in total. The molecule has 0 aliphatic carbocycles. The van der Waals surface area contributed by atoms with E-state index in [0.717, 1.165) is 5.82 Å². The van der Waals surface area contributed by atoms with Crippen LogP contribution < -0.4 is 5.32 Å². The predicted octanol–water partition coefficient (Wildman–Crippen LogP) is 1.83. The standard InChI is InChI=1S/C9H13N3O2.C2H6/c1-2-9(13)11-8-3-4-10-12(8)7-5-14-6-7;1-2/h3-4,7H,2,5-6H2,1H3,(H,11,13);1-2H3. The average Bonchev–Trinajstić information content (AvgIpc) is 2.67. The summed E-state index contributed by atoms with van der Waals surface area (Å²) in [4.78, 5) is 11.2. The van der Waals surface area contributed by atoms with Crippen molar-refractivity contribution in [2.24, 2.45) is 0 Å². The van der Waals surface area contributed by atoms with Crippen molar-refractivity contribution in [2.45, 2.75) is 33.2 Å². The molecule has 5 heteroatoms. The molecule has 1 amide bonds. The smallest absolute Gasteiger partial charge is 0.225 e. The number of ether oxygens (including phenoxy) is 1. The van der Waals surface area contributed by atoms with Gasteiger partial charge in [-0.25, -0.2) is 4.68 Å². The van der Waals surface area contributed by atoms with Gasteiger partial charge in [0.25, 0.3) is 0 Å². The minimum absolute atomic E-state index is 0.00647. The molecular weight excluding hydrogens is 206 g/mol. The zero-order valence-corrected chi connectivity index (χ0v) is 10.1. The van der Waals surface area contributed by atoms with Crippen LogP contribution in [0, 0.1) is 0 Å². The van der Waals surface area contributed by atoms with Crippen molar-refractivity contribution in [3.05, 3.63) is 12.3 Å². The molecule has 0 radical (unpaired) electrons. The SMILES string of the molecule is CC.CCC(=O)Nc1ccnn1C1COC1. The van der Waals surface area contributed by atoms with Gasteiger partial charge in [0.2, 0.25) is 5.91 Å². The van der Waals surface area contributed by atoms with Gasteiger partial charge in [-0.2, -0.15) is 5.10 Å². The van der Waals surface area contributed by atoms with Crippen LogP contribution in [0.1, 0.15) is 33.2 Å². The van der Waals surface area contributed by atoms with Crippen LogP contribution in [0.4, 0.5) is 5.82 Å². The van der Waals surface area contributed by atoms with Gasteiger partial charge in [0.1, 0.15) is 11.9 Å². The van der Waals surface area contributed by atoms with E-state index in [4.69, 9.17) is 4.74 Å². The Bertz CT molecular complexity index is 332. The first-order chi connectivity index (χ1) is 7.81. The second-order valence-corrected chi connectivity index (χ2v) is 3.25. The minimum Gasteiger partial charge on any atom is -0.377 e. The summed E-state index contributed by atoms with van der Waals surface area (Å²) in [6.45, 7) is 7.18. The summed E-state index contributed by atoms with van der Waals surface area (Å²) in [6, 6.07) is 2.07. The largest absolute Gasteiger partial charge is 0.377 e. The Morgan fingerprint density at radius 2 is 2.31 bits per heavy atom. The van der Waals surface area contributed by atoms with E-state index < -0.39 is 0 Å². The second kappa shape index (κ2) is 6.27. The lowest BCUT2D eigenvalue weighted by molar-refractivity contribution is -0.116. The molecular formula is C11H19N3O2. The summed E-state index contributed by atoms with van der Waals surface area (Å²) in [5.74, 6) is 0.761. The summed E-state index contributed by atoms with van der Waals surface area (Å²) in [6.07, 6.45) is 2.16. The van der Waals surface area contributed by atoms with E-state index in [1.807, 2.05) is 20.8 Å². The van der Waals surface area contributed by atoms with E-state index in [2.05, 4.69) is 10.4 Å². The van der Waals surface area contributed by atoms with Gasteiger partial charge in [0.15, 0.2) is 0 Å². The Morgan fingerprint density at radius 3 is 2.81 bits per heavy atom. The van der Waals surface area contributed by atoms with Crippen LogP contribution in [0.3, 0.4) is 0 Å². The number of anilines is 1. The molecule has 0 bridgehead atoms. The highest BCUT2D eigenvalue weighted by molar-refractivity contribution is 5.89. The lowest BCUT2D eigenvalue weighted by atomic mass is 10.3. The number of carbonyl (C=O) groups is 1. The van der Waals surface area contributed by atoms with Crippen LogP contribution in [-0.2, 0) is 9.53 Å². The van der Waals surface area contributed by atoms with Gasteiger partial charge < -0.3 is 10.1 Å². The third-order valence-electron chi connectivity index (χ3n) is 2.23. The highest BCUT2D eigenvalue weighted by Crippen LogP contribution is 2.20. The molecule has 2 heterocycles. The van der Waals surface area contributed by atoms with Crippen LogP contribution in [0.15, 0.2) is 12.3 Å². The molecule has 0 spiro atoms. The molecule has 1 aromatic heterocycles. The molecule has 16 heavy (non-hydrogen) atoms. The number of nitrogens with zero attached hydrogens (tertiary/aromatic N) is 2. The van der Waals surface area contributed by atoms with Gasteiger partial charge in [-0.1, -0.05) is 20.8 Å². The van der Waals surface area contributed by atoms with Crippen molar-refractivity contribution in [3.63, 3.8) is 0 Å². The Labute approximate surface area is 95.8 Å². The molecule has 1 aliphatic rings. The number of nitrogens with one attached hydrogen (secondary N) is 1. The summed E-state index contributed by atoms with van der Waals surface area (Å²) < 4.78 is 6.87. The fourth-order valence-corrected chi connectivity index (χ4v) is 1.30. The minimum atomic E-state index is 0.00647. The summed E-state index contributed by atoms with van der Waals surface area (Å²) in [5, 5.41) is 6.94. The fourth-order valence-electron chi connectivity index (χ4n) is 1.30. The molecule has 5 nitrogen and oxygen atoms in total. The van der Waals surface area contributed by atoms with E-state index in [1.165, 1.54) is 0 Å². The molecule has 2 rings (SSSR count). The first-order valence-corrected chi connectivity index (χ1v) is 5.72. The van der Waals surface area contributed by atoms with Crippen molar-refractivity contribution in [2.75, 3.05) is 18.5 Å². The van der Waals surface area contributed by atoms with Crippen LogP contribution in [0.25, 0.3) is 0 Å². The number of rotatable bonds is 3. The summed E-state index contributed by atoms with van der Waals surface area (Å²) in [7, 11) is 0. The normalized spacial score (nSPS) is 14.7. The fraction of sp³-hybridized carbons (Fsp3) is 0.636. The number of aromatic nitrogens is 2. The van der Waals surface area contributed by atoms with Gasteiger partial charge in [-0.05, 0) is 0 Å². The van der Waals surface area contributed by atoms with E-state index in [1.54, 1.807) is 16.9 Å². The number of hydrogen-bond acceptors (Lipinski definition) is 3. The van der Waals surface area contributed by atoms with E-state index >= 15 is 0 Å². The van der Waals surface area contributed by atoms with Crippen LogP contribution in [-0.4, -0.2) is 28.9 Å². The molecule has 90 valence electrons. The van der Waals surface area contributed by atoms with Crippen molar-refractivity contribution in [3.8, 4) is 0 Å². The molecule has 1 saturated heterocycles. The average molecular weight is 225 g/mol. The highest BCUT2D eigenvalue weighted by Gasteiger charge is 2.23. The lowest BCUT2D eigenvalue weighted by Crippen LogP contribution is -2.32. The maximum Gasteiger partial charge on any atom is 0.225 e. The Morgan fingerprint density at radius 1 is 1.62 bits per heavy atom. The van der Waals surface area contributed by atoms with Crippen LogP contribution in [0.5, 0.6) is 0 Å². The topological polar surface area (TPSA) is 56.2 Å². The monoisotopic (exact) mass is 225 g/mol. The molecule has 0 saturated carbocycles.